The van der Waals surface area contributed by atoms with Crippen LogP contribution in [0.15, 0.2) is 208 Å². The number of furan rings is 2. The third-order valence-corrected chi connectivity index (χ3v) is 15.8. The van der Waals surface area contributed by atoms with Gasteiger partial charge in [-0.25, -0.2) is 0 Å². The lowest BCUT2D eigenvalue weighted by Gasteiger charge is -2.32. The van der Waals surface area contributed by atoms with Crippen molar-refractivity contribution in [2.75, 3.05) is 9.80 Å². The number of thioether (sulfide) groups is 1. The topological polar surface area (TPSA) is 32.8 Å². The first-order chi connectivity index (χ1) is 33.5. The van der Waals surface area contributed by atoms with Gasteiger partial charge >= 0.3 is 0 Å². The van der Waals surface area contributed by atoms with Crippen LogP contribution >= 0.6 is 11.8 Å². The first kappa shape index (κ1) is 41.7. The van der Waals surface area contributed by atoms with Crippen LogP contribution in [0.3, 0.4) is 0 Å². The molecule has 336 valence electrons. The lowest BCUT2D eigenvalue weighted by atomic mass is 9.87. The van der Waals surface area contributed by atoms with Crippen LogP contribution in [0.2, 0.25) is 0 Å². The van der Waals surface area contributed by atoms with Gasteiger partial charge < -0.3 is 18.6 Å². The van der Waals surface area contributed by atoms with Crippen LogP contribution in [0.4, 0.5) is 28.4 Å². The molecule has 5 heteroatoms. The molecule has 4 nitrogen and oxygen atoms in total. The van der Waals surface area contributed by atoms with Crippen molar-refractivity contribution in [2.45, 2.75) is 68.9 Å². The van der Waals surface area contributed by atoms with Crippen LogP contribution in [0.25, 0.3) is 71.0 Å². The van der Waals surface area contributed by atoms with Crippen molar-refractivity contribution < 1.29 is 8.83 Å². The molecule has 1 aliphatic heterocycles. The summed E-state index contributed by atoms with van der Waals surface area (Å²) in [6, 6.07) is 64.2. The van der Waals surface area contributed by atoms with Crippen molar-refractivity contribution in [1.82, 2.24) is 0 Å². The Labute approximate surface area is 407 Å². The first-order valence-corrected chi connectivity index (χ1v) is 25.0. The maximum absolute atomic E-state index is 6.73. The molecule has 13 rings (SSSR count). The largest absolute Gasteiger partial charge is 0.454 e. The van der Waals surface area contributed by atoms with E-state index in [0.717, 1.165) is 78.7 Å². The van der Waals surface area contributed by atoms with Crippen LogP contribution in [0.1, 0.15) is 64.7 Å². The zero-order valence-electron chi connectivity index (χ0n) is 39.8. The molecular weight excluding hydrogens is 861 g/mol. The van der Waals surface area contributed by atoms with Gasteiger partial charge in [-0.2, -0.15) is 0 Å². The van der Waals surface area contributed by atoms with Crippen molar-refractivity contribution in [1.29, 1.82) is 0 Å². The minimum absolute atomic E-state index is 0.0312. The van der Waals surface area contributed by atoms with Gasteiger partial charge in [-0.05, 0) is 116 Å². The van der Waals surface area contributed by atoms with Crippen molar-refractivity contribution in [3.63, 3.8) is 0 Å². The third-order valence-electron chi connectivity index (χ3n) is 14.5. The van der Waals surface area contributed by atoms with Gasteiger partial charge in [0.1, 0.15) is 11.2 Å². The Balaban J connectivity index is 0.955. The smallest absolute Gasteiger partial charge is 0.159 e. The van der Waals surface area contributed by atoms with E-state index in [1.54, 1.807) is 0 Å². The number of allylic oxidation sites excluding steroid dienone is 3. The van der Waals surface area contributed by atoms with E-state index in [2.05, 4.69) is 233 Å². The molecule has 0 N–H and O–H groups in total. The number of nitrogens with zero attached hydrogens (tertiary/aromatic N) is 2. The normalized spacial score (nSPS) is 15.0. The number of fused-ring (bicyclic) bond motifs is 14. The van der Waals surface area contributed by atoms with Crippen LogP contribution in [-0.4, -0.2) is 5.25 Å². The summed E-state index contributed by atoms with van der Waals surface area (Å²) >= 11 is 2.02. The molecule has 0 spiro atoms. The number of hydrogen-bond donors (Lipinski definition) is 0. The Morgan fingerprint density at radius 2 is 0.928 bits per heavy atom. The van der Waals surface area contributed by atoms with E-state index >= 15 is 0 Å². The average molecular weight is 913 g/mol. The summed E-state index contributed by atoms with van der Waals surface area (Å²) in [7, 11) is 0. The Bertz CT molecular complexity index is 3930. The molecule has 1 atom stereocenters. The van der Waals surface area contributed by atoms with E-state index in [1.807, 2.05) is 17.8 Å². The summed E-state index contributed by atoms with van der Waals surface area (Å²) in [6.45, 7) is 13.6. The molecule has 0 saturated heterocycles. The fraction of sp³-hybridized carbons (Fsp3) is 0.156. The highest BCUT2D eigenvalue weighted by Crippen LogP contribution is 2.56. The average Bonchev–Trinajstić information content (AvgIpc) is 4.07. The number of hydrogen-bond acceptors (Lipinski definition) is 5. The van der Waals surface area contributed by atoms with E-state index in [-0.39, 0.29) is 16.1 Å². The van der Waals surface area contributed by atoms with Gasteiger partial charge in [0.25, 0.3) is 0 Å². The van der Waals surface area contributed by atoms with E-state index in [0.29, 0.717) is 0 Å². The molecule has 0 amide bonds. The fourth-order valence-electron chi connectivity index (χ4n) is 10.9. The quantitative estimate of drug-likeness (QED) is 0.155. The summed E-state index contributed by atoms with van der Waals surface area (Å²) in [5.41, 5.74) is 15.6. The molecule has 0 bridgehead atoms. The maximum Gasteiger partial charge on any atom is 0.159 e. The lowest BCUT2D eigenvalue weighted by molar-refractivity contribution is 0.590. The van der Waals surface area contributed by atoms with Crippen LogP contribution in [-0.2, 0) is 10.8 Å². The summed E-state index contributed by atoms with van der Waals surface area (Å²) in [5.74, 6) is 0. The molecule has 1 aliphatic carbocycles. The number of para-hydroxylation sites is 4. The highest BCUT2D eigenvalue weighted by Gasteiger charge is 2.36. The minimum Gasteiger partial charge on any atom is -0.454 e. The Morgan fingerprint density at radius 3 is 1.51 bits per heavy atom. The summed E-state index contributed by atoms with van der Waals surface area (Å²) < 4.78 is 13.5. The van der Waals surface area contributed by atoms with Gasteiger partial charge in [0.2, 0.25) is 0 Å². The molecule has 11 aromatic rings. The van der Waals surface area contributed by atoms with E-state index in [4.69, 9.17) is 8.83 Å². The second kappa shape index (κ2) is 15.5. The molecule has 1 unspecified atom stereocenters. The molecular formula is C64H52N2O2S. The van der Waals surface area contributed by atoms with E-state index < -0.39 is 0 Å². The number of anilines is 5. The molecule has 3 heterocycles. The lowest BCUT2D eigenvalue weighted by Crippen LogP contribution is -2.22. The molecule has 69 heavy (non-hydrogen) atoms. The van der Waals surface area contributed by atoms with Crippen molar-refractivity contribution in [3.05, 3.63) is 210 Å². The monoisotopic (exact) mass is 912 g/mol. The molecule has 0 radical (unpaired) electrons. The van der Waals surface area contributed by atoms with Gasteiger partial charge in [-0.15, -0.1) is 11.8 Å². The first-order valence-electron chi connectivity index (χ1n) is 24.2. The Hall–Kier alpha value is -7.47. The van der Waals surface area contributed by atoms with E-state index in [9.17, 15) is 0 Å². The fourth-order valence-corrected chi connectivity index (χ4v) is 12.5. The Kier molecular flexibility index (Phi) is 9.38. The third kappa shape index (κ3) is 6.73. The number of benzene rings is 9. The second-order valence-corrected chi connectivity index (χ2v) is 22.1. The Morgan fingerprint density at radius 1 is 0.435 bits per heavy atom. The van der Waals surface area contributed by atoms with E-state index in [1.165, 1.54) is 54.4 Å². The van der Waals surface area contributed by atoms with Gasteiger partial charge in [0, 0.05) is 66.4 Å². The SMILES string of the molecule is CC(C)(C)c1ccc(N(C2=CC=C3c4c(c5ccc(N(c6ccc(C(C)(C)C)cc6)c6cccc7c6oc6ccccc67)cc5c5ccccc45)SC3C2)c2cccc3c2oc2ccccc23)cc1. The molecule has 0 fully saturated rings. The summed E-state index contributed by atoms with van der Waals surface area (Å²) in [4.78, 5) is 6.18. The highest BCUT2D eigenvalue weighted by molar-refractivity contribution is 8.01. The highest BCUT2D eigenvalue weighted by atomic mass is 32.2. The predicted molar refractivity (Wildman–Crippen MR) is 293 cm³/mol. The maximum atomic E-state index is 6.73. The van der Waals surface area contributed by atoms with Crippen LogP contribution < -0.4 is 9.80 Å². The van der Waals surface area contributed by atoms with Crippen molar-refractivity contribution in [3.8, 4) is 0 Å². The zero-order valence-corrected chi connectivity index (χ0v) is 40.6. The summed E-state index contributed by atoms with van der Waals surface area (Å²) in [5, 5.41) is 9.78. The van der Waals surface area contributed by atoms with Gasteiger partial charge in [-0.3, -0.25) is 0 Å². The second-order valence-electron chi connectivity index (χ2n) is 20.8. The molecule has 0 saturated carbocycles. The van der Waals surface area contributed by atoms with Crippen molar-refractivity contribution in [2.24, 2.45) is 0 Å². The van der Waals surface area contributed by atoms with Gasteiger partial charge in [0.15, 0.2) is 11.2 Å². The zero-order chi connectivity index (χ0) is 46.8. The van der Waals surface area contributed by atoms with Gasteiger partial charge in [0.05, 0.1) is 11.4 Å². The predicted octanol–water partition coefficient (Wildman–Crippen LogP) is 18.8. The molecule has 2 aromatic heterocycles. The summed E-state index contributed by atoms with van der Waals surface area (Å²) in [6.07, 6.45) is 5.63. The van der Waals surface area contributed by atoms with Crippen LogP contribution in [0.5, 0.6) is 0 Å². The standard InChI is InChI=1S/C64H52N2O2S/c1-63(2,3)39-25-29-41(30-26-39)65(54-21-13-19-49-46-16-9-11-23-56(46)67-60(49)54)43-33-35-51-53(37-43)45-15-7-8-18-48(45)59-52-36-34-44(38-58(52)69-62(51)59)66(42-31-27-40(28-32-42)64(4,5)6)55-22-14-20-50-47-17-10-12-24-57(47)68-61(50)55/h7-37,58H,38H2,1-6H3. The van der Waals surface area contributed by atoms with Crippen LogP contribution in [0, 0.1) is 0 Å². The van der Waals surface area contributed by atoms with Gasteiger partial charge in [-0.1, -0.05) is 163 Å². The molecule has 2 aliphatic rings. The number of rotatable bonds is 6. The molecule has 9 aromatic carbocycles. The minimum atomic E-state index is 0.0312. The van der Waals surface area contributed by atoms with Crippen molar-refractivity contribution >= 4 is 111 Å².